The minimum Gasteiger partial charge on any atom is -0.369 e. The molecule has 2 rings (SSSR count). The molecule has 21 heavy (non-hydrogen) atoms. The number of carbonyl (C=O) groups excluding carboxylic acids is 2. The van der Waals surface area contributed by atoms with Crippen molar-refractivity contribution in [1.82, 2.24) is 4.90 Å². The van der Waals surface area contributed by atoms with E-state index in [0.717, 1.165) is 11.3 Å². The minimum atomic E-state index is -0.305. The zero-order chi connectivity index (χ0) is 15.4. The summed E-state index contributed by atoms with van der Waals surface area (Å²) in [6.45, 7) is 3.46. The summed E-state index contributed by atoms with van der Waals surface area (Å²) in [5, 5.41) is 2.91. The molecule has 1 aliphatic heterocycles. The van der Waals surface area contributed by atoms with Gasteiger partial charge in [0.25, 0.3) is 0 Å². The first kappa shape index (κ1) is 15.5. The number of anilines is 1. The number of primary amides is 1. The highest BCUT2D eigenvalue weighted by molar-refractivity contribution is 5.95. The summed E-state index contributed by atoms with van der Waals surface area (Å²) in [7, 11) is 0. The van der Waals surface area contributed by atoms with Gasteiger partial charge in [0.15, 0.2) is 0 Å². The average Bonchev–Trinajstić information content (AvgIpc) is 2.97. The fourth-order valence-corrected chi connectivity index (χ4v) is 2.59. The molecule has 0 spiro atoms. The van der Waals surface area contributed by atoms with Crippen LogP contribution in [-0.2, 0) is 16.1 Å². The number of benzene rings is 1. The van der Waals surface area contributed by atoms with Crippen molar-refractivity contribution in [3.63, 3.8) is 0 Å². The maximum Gasteiger partial charge on any atom is 0.241 e. The van der Waals surface area contributed by atoms with Gasteiger partial charge in [0.1, 0.15) is 0 Å². The second-order valence-corrected chi connectivity index (χ2v) is 5.41. The second-order valence-electron chi connectivity index (χ2n) is 5.41. The molecule has 6 nitrogen and oxygen atoms in total. The van der Waals surface area contributed by atoms with E-state index in [1.54, 1.807) is 0 Å². The topological polar surface area (TPSA) is 101 Å². The van der Waals surface area contributed by atoms with Crippen molar-refractivity contribution >= 4 is 17.5 Å². The molecule has 5 N–H and O–H groups in total. The van der Waals surface area contributed by atoms with E-state index in [-0.39, 0.29) is 23.8 Å². The zero-order valence-corrected chi connectivity index (χ0v) is 12.2. The van der Waals surface area contributed by atoms with Gasteiger partial charge in [-0.2, -0.15) is 0 Å². The van der Waals surface area contributed by atoms with E-state index >= 15 is 0 Å². The van der Waals surface area contributed by atoms with Crippen LogP contribution in [0.3, 0.4) is 0 Å². The van der Waals surface area contributed by atoms with Gasteiger partial charge in [0, 0.05) is 18.8 Å². The number of likely N-dealkylation sites (tertiary alicyclic amines) is 1. The fourth-order valence-electron chi connectivity index (χ4n) is 2.59. The van der Waals surface area contributed by atoms with Gasteiger partial charge in [-0.25, -0.2) is 0 Å². The Balaban J connectivity index is 1.99. The van der Waals surface area contributed by atoms with E-state index < -0.39 is 0 Å². The number of nitrogens with zero attached hydrogens (tertiary/aromatic N) is 1. The smallest absolute Gasteiger partial charge is 0.241 e. The molecule has 0 bridgehead atoms. The molecule has 1 aromatic rings. The van der Waals surface area contributed by atoms with Gasteiger partial charge in [-0.05, 0) is 31.5 Å². The van der Waals surface area contributed by atoms with Crippen molar-refractivity contribution in [2.45, 2.75) is 25.9 Å². The van der Waals surface area contributed by atoms with E-state index in [0.29, 0.717) is 26.1 Å². The van der Waals surface area contributed by atoms with Gasteiger partial charge in [-0.1, -0.05) is 18.2 Å². The van der Waals surface area contributed by atoms with Crippen LogP contribution in [0.1, 0.15) is 18.9 Å². The second kappa shape index (κ2) is 6.69. The largest absolute Gasteiger partial charge is 0.369 e. The van der Waals surface area contributed by atoms with Crippen molar-refractivity contribution in [3.8, 4) is 0 Å². The number of nitrogens with one attached hydrogen (secondary N) is 1. The first-order valence-corrected chi connectivity index (χ1v) is 7.15. The molecule has 2 amide bonds. The molecule has 114 valence electrons. The van der Waals surface area contributed by atoms with Crippen LogP contribution in [0.2, 0.25) is 0 Å². The molecule has 1 aliphatic rings. The van der Waals surface area contributed by atoms with Crippen molar-refractivity contribution in [2.24, 2.45) is 17.4 Å². The lowest BCUT2D eigenvalue weighted by Crippen LogP contribution is -2.41. The molecule has 1 fully saturated rings. The summed E-state index contributed by atoms with van der Waals surface area (Å²) < 4.78 is 0. The summed E-state index contributed by atoms with van der Waals surface area (Å²) in [4.78, 5) is 25.5. The maximum atomic E-state index is 12.3. The Labute approximate surface area is 124 Å². The van der Waals surface area contributed by atoms with Crippen molar-refractivity contribution in [3.05, 3.63) is 29.8 Å². The van der Waals surface area contributed by atoms with Crippen LogP contribution in [0, 0.1) is 5.92 Å². The Morgan fingerprint density at radius 1 is 1.43 bits per heavy atom. The number of hydrogen-bond acceptors (Lipinski definition) is 4. The molecule has 0 saturated carbocycles. The Bertz CT molecular complexity index is 532. The predicted octanol–water partition coefficient (Wildman–Crippen LogP) is 0.280. The normalized spacial score (nSPS) is 20.2. The van der Waals surface area contributed by atoms with Crippen LogP contribution < -0.4 is 16.8 Å². The number of amides is 2. The minimum absolute atomic E-state index is 0.0963. The SMILES string of the molecule is CC(C(=O)Nc1ccccc1CN)N1CCC(C(N)=O)C1. The van der Waals surface area contributed by atoms with Gasteiger partial charge in [0.05, 0.1) is 12.0 Å². The van der Waals surface area contributed by atoms with Gasteiger partial charge in [-0.15, -0.1) is 0 Å². The first-order valence-electron chi connectivity index (χ1n) is 7.15. The van der Waals surface area contributed by atoms with Crippen LogP contribution in [0.15, 0.2) is 24.3 Å². The summed E-state index contributed by atoms with van der Waals surface area (Å²) in [6.07, 6.45) is 0.715. The Morgan fingerprint density at radius 3 is 2.76 bits per heavy atom. The molecule has 0 aliphatic carbocycles. The van der Waals surface area contributed by atoms with Gasteiger partial charge >= 0.3 is 0 Å². The summed E-state index contributed by atoms with van der Waals surface area (Å²) >= 11 is 0. The molecule has 2 atom stereocenters. The van der Waals surface area contributed by atoms with Gasteiger partial charge in [-0.3, -0.25) is 14.5 Å². The lowest BCUT2D eigenvalue weighted by molar-refractivity contribution is -0.123. The van der Waals surface area contributed by atoms with Crippen LogP contribution >= 0.6 is 0 Å². The number of hydrogen-bond donors (Lipinski definition) is 3. The molecule has 1 saturated heterocycles. The first-order chi connectivity index (χ1) is 10.0. The van der Waals surface area contributed by atoms with Crippen LogP contribution in [0.25, 0.3) is 0 Å². The molecular weight excluding hydrogens is 268 g/mol. The van der Waals surface area contributed by atoms with E-state index in [4.69, 9.17) is 11.5 Å². The standard InChI is InChI=1S/C15H22N4O2/c1-10(19-7-6-12(9-19)14(17)20)15(21)18-13-5-3-2-4-11(13)8-16/h2-5,10,12H,6-9,16H2,1H3,(H2,17,20)(H,18,21). The highest BCUT2D eigenvalue weighted by Crippen LogP contribution is 2.20. The summed E-state index contributed by atoms with van der Waals surface area (Å²) in [5.41, 5.74) is 12.6. The highest BCUT2D eigenvalue weighted by atomic mass is 16.2. The molecule has 0 aromatic heterocycles. The zero-order valence-electron chi connectivity index (χ0n) is 12.2. The Morgan fingerprint density at radius 2 is 2.14 bits per heavy atom. The molecule has 2 unspecified atom stereocenters. The van der Waals surface area contributed by atoms with Gasteiger partial charge < -0.3 is 16.8 Å². The van der Waals surface area contributed by atoms with Crippen molar-refractivity contribution in [1.29, 1.82) is 0 Å². The van der Waals surface area contributed by atoms with Crippen LogP contribution in [-0.4, -0.2) is 35.8 Å². The monoisotopic (exact) mass is 290 g/mol. The highest BCUT2D eigenvalue weighted by Gasteiger charge is 2.32. The van der Waals surface area contributed by atoms with E-state index in [2.05, 4.69) is 5.32 Å². The summed E-state index contributed by atoms with van der Waals surface area (Å²) in [5.74, 6) is -0.545. The Hall–Kier alpha value is -1.92. The molecule has 1 heterocycles. The number of rotatable bonds is 5. The Kier molecular flexibility index (Phi) is 4.93. The quantitative estimate of drug-likeness (QED) is 0.725. The molecule has 6 heteroatoms. The average molecular weight is 290 g/mol. The van der Waals surface area contributed by atoms with Crippen LogP contribution in [0.4, 0.5) is 5.69 Å². The van der Waals surface area contributed by atoms with E-state index in [9.17, 15) is 9.59 Å². The van der Waals surface area contributed by atoms with Crippen molar-refractivity contribution < 1.29 is 9.59 Å². The third-order valence-corrected chi connectivity index (χ3v) is 4.04. The van der Waals surface area contributed by atoms with E-state index in [1.165, 1.54) is 0 Å². The predicted molar refractivity (Wildman–Crippen MR) is 81.3 cm³/mol. The molecule has 1 aromatic carbocycles. The third kappa shape index (κ3) is 3.59. The molecular formula is C15H22N4O2. The van der Waals surface area contributed by atoms with Crippen LogP contribution in [0.5, 0.6) is 0 Å². The number of nitrogens with two attached hydrogens (primary N) is 2. The lowest BCUT2D eigenvalue weighted by Gasteiger charge is -2.23. The number of para-hydroxylation sites is 1. The third-order valence-electron chi connectivity index (χ3n) is 4.04. The molecule has 0 radical (unpaired) electrons. The fraction of sp³-hybridized carbons (Fsp3) is 0.467. The lowest BCUT2D eigenvalue weighted by atomic mass is 10.1. The maximum absolute atomic E-state index is 12.3. The number of carbonyl (C=O) groups is 2. The van der Waals surface area contributed by atoms with E-state index in [1.807, 2.05) is 36.1 Å². The van der Waals surface area contributed by atoms with Crippen molar-refractivity contribution in [2.75, 3.05) is 18.4 Å². The summed E-state index contributed by atoms with van der Waals surface area (Å²) in [6, 6.07) is 7.17. The van der Waals surface area contributed by atoms with Gasteiger partial charge in [0.2, 0.25) is 11.8 Å².